The van der Waals surface area contributed by atoms with Crippen molar-refractivity contribution in [3.8, 4) is 6.07 Å². The highest BCUT2D eigenvalue weighted by Crippen LogP contribution is 2.23. The van der Waals surface area contributed by atoms with Crippen LogP contribution in [0.3, 0.4) is 0 Å². The molecule has 1 rings (SSSR count). The molecular formula is C8H5F2IN2. The van der Waals surface area contributed by atoms with Gasteiger partial charge >= 0.3 is 0 Å². The van der Waals surface area contributed by atoms with Gasteiger partial charge in [-0.15, -0.1) is 0 Å². The molecule has 0 aliphatic heterocycles. The molecule has 5 heteroatoms. The molecule has 0 radical (unpaired) electrons. The Bertz CT molecular complexity index is 371. The van der Waals surface area contributed by atoms with Crippen molar-refractivity contribution in [3.05, 3.63) is 26.6 Å². The lowest BCUT2D eigenvalue weighted by atomic mass is 10.2. The van der Waals surface area contributed by atoms with E-state index in [0.717, 1.165) is 3.57 Å². The summed E-state index contributed by atoms with van der Waals surface area (Å²) in [6.07, 6.45) is -2.69. The molecule has 1 aromatic rings. The molecule has 0 spiro atoms. The lowest BCUT2D eigenvalue weighted by molar-refractivity contribution is 0.145. The van der Waals surface area contributed by atoms with E-state index in [2.05, 4.69) is 4.98 Å². The average molecular weight is 294 g/mol. The third-order valence-corrected chi connectivity index (χ3v) is 2.60. The minimum atomic E-state index is -2.69. The van der Waals surface area contributed by atoms with Crippen molar-refractivity contribution in [2.45, 2.75) is 13.3 Å². The number of hydrogen-bond acceptors (Lipinski definition) is 2. The summed E-state index contributed by atoms with van der Waals surface area (Å²) in [5.41, 5.74) is 0.0420. The minimum Gasteiger partial charge on any atom is -0.250 e. The average Bonchev–Trinajstić information content (AvgIpc) is 2.08. The third-order valence-electron chi connectivity index (χ3n) is 1.51. The van der Waals surface area contributed by atoms with Crippen molar-refractivity contribution in [3.63, 3.8) is 0 Å². The first-order chi connectivity index (χ1) is 6.06. The van der Waals surface area contributed by atoms with Gasteiger partial charge in [0.25, 0.3) is 6.43 Å². The first-order valence-electron chi connectivity index (χ1n) is 3.41. The van der Waals surface area contributed by atoms with Gasteiger partial charge < -0.3 is 0 Å². The van der Waals surface area contributed by atoms with Crippen molar-refractivity contribution < 1.29 is 8.78 Å². The largest absolute Gasteiger partial charge is 0.281 e. The van der Waals surface area contributed by atoms with Crippen molar-refractivity contribution in [2.24, 2.45) is 0 Å². The molecule has 2 nitrogen and oxygen atoms in total. The van der Waals surface area contributed by atoms with Crippen LogP contribution in [0, 0.1) is 21.8 Å². The fourth-order valence-electron chi connectivity index (χ4n) is 0.855. The highest BCUT2D eigenvalue weighted by Gasteiger charge is 2.16. The molecular weight excluding hydrogens is 289 g/mol. The number of aromatic nitrogens is 1. The normalized spacial score (nSPS) is 10.2. The Morgan fingerprint density at radius 1 is 1.62 bits per heavy atom. The van der Waals surface area contributed by atoms with Gasteiger partial charge in [0.05, 0.1) is 11.3 Å². The fraction of sp³-hybridized carbons (Fsp3) is 0.250. The second-order valence-corrected chi connectivity index (χ2v) is 3.56. The zero-order valence-corrected chi connectivity index (χ0v) is 8.84. The molecule has 0 saturated carbocycles. The maximum absolute atomic E-state index is 12.3. The Hall–Kier alpha value is -0.770. The van der Waals surface area contributed by atoms with E-state index < -0.39 is 12.1 Å². The number of aryl methyl sites for hydroxylation is 1. The maximum atomic E-state index is 12.3. The van der Waals surface area contributed by atoms with Gasteiger partial charge in [-0.05, 0) is 35.6 Å². The monoisotopic (exact) mass is 294 g/mol. The Kier molecular flexibility index (Phi) is 3.14. The van der Waals surface area contributed by atoms with Crippen LogP contribution in [0.5, 0.6) is 0 Å². The lowest BCUT2D eigenvalue weighted by Gasteiger charge is -2.04. The second kappa shape index (κ2) is 3.96. The van der Waals surface area contributed by atoms with E-state index in [-0.39, 0.29) is 5.56 Å². The van der Waals surface area contributed by atoms with E-state index in [1.54, 1.807) is 13.0 Å². The number of alkyl halides is 2. The van der Waals surface area contributed by atoms with Crippen molar-refractivity contribution in [1.29, 1.82) is 5.26 Å². The number of rotatable bonds is 1. The van der Waals surface area contributed by atoms with Crippen LogP contribution >= 0.6 is 22.6 Å². The molecule has 0 amide bonds. The summed E-state index contributed by atoms with van der Waals surface area (Å²) in [5.74, 6) is 0. The molecule has 0 aliphatic carbocycles. The minimum absolute atomic E-state index is 0.0509. The molecule has 0 aliphatic rings. The van der Waals surface area contributed by atoms with Crippen LogP contribution in [0.15, 0.2) is 6.07 Å². The topological polar surface area (TPSA) is 36.7 Å². The Morgan fingerprint density at radius 2 is 2.23 bits per heavy atom. The fourth-order valence-corrected chi connectivity index (χ4v) is 1.29. The van der Waals surface area contributed by atoms with E-state index in [0.29, 0.717) is 5.69 Å². The molecule has 0 atom stereocenters. The van der Waals surface area contributed by atoms with Crippen LogP contribution in [-0.4, -0.2) is 4.98 Å². The first kappa shape index (κ1) is 10.3. The van der Waals surface area contributed by atoms with Gasteiger partial charge in [-0.3, -0.25) is 0 Å². The summed E-state index contributed by atoms with van der Waals surface area (Å²) in [6.45, 7) is 1.63. The van der Waals surface area contributed by atoms with Gasteiger partial charge in [-0.2, -0.15) is 5.26 Å². The van der Waals surface area contributed by atoms with Gasteiger partial charge in [0.1, 0.15) is 11.8 Å². The number of halogens is 3. The van der Waals surface area contributed by atoms with E-state index in [9.17, 15) is 8.78 Å². The zero-order valence-electron chi connectivity index (χ0n) is 6.68. The molecule has 0 saturated heterocycles. The second-order valence-electron chi connectivity index (χ2n) is 2.40. The highest BCUT2D eigenvalue weighted by atomic mass is 127. The molecule has 0 unspecified atom stereocenters. The molecule has 0 fully saturated rings. The molecule has 68 valence electrons. The summed E-state index contributed by atoms with van der Waals surface area (Å²) < 4.78 is 25.3. The Balaban J connectivity index is 3.35. The van der Waals surface area contributed by atoms with E-state index in [4.69, 9.17) is 5.26 Å². The van der Waals surface area contributed by atoms with Crippen LogP contribution in [0.1, 0.15) is 23.4 Å². The number of nitrogens with zero attached hydrogens (tertiary/aromatic N) is 2. The summed E-state index contributed by atoms with van der Waals surface area (Å²) in [7, 11) is 0. The van der Waals surface area contributed by atoms with Crippen LogP contribution in [0.4, 0.5) is 8.78 Å². The Morgan fingerprint density at radius 3 is 2.69 bits per heavy atom. The Labute approximate surface area is 87.7 Å². The maximum Gasteiger partial charge on any atom is 0.281 e. The van der Waals surface area contributed by atoms with Crippen LogP contribution in [0.25, 0.3) is 0 Å². The number of pyridine rings is 1. The third kappa shape index (κ3) is 2.12. The van der Waals surface area contributed by atoms with Crippen molar-refractivity contribution in [2.75, 3.05) is 0 Å². The van der Waals surface area contributed by atoms with E-state index in [1.807, 2.05) is 22.6 Å². The summed E-state index contributed by atoms with van der Waals surface area (Å²) >= 11 is 1.95. The van der Waals surface area contributed by atoms with Gasteiger partial charge in [-0.1, -0.05) is 0 Å². The van der Waals surface area contributed by atoms with Crippen LogP contribution in [0.2, 0.25) is 0 Å². The van der Waals surface area contributed by atoms with Gasteiger partial charge in [0.2, 0.25) is 0 Å². The number of nitriles is 1. The van der Waals surface area contributed by atoms with Crippen molar-refractivity contribution >= 4 is 22.6 Å². The molecule has 1 aromatic heterocycles. The van der Waals surface area contributed by atoms with Crippen molar-refractivity contribution in [1.82, 2.24) is 4.98 Å². The molecule has 1 heterocycles. The van der Waals surface area contributed by atoms with Gasteiger partial charge in [0, 0.05) is 3.57 Å². The SMILES string of the molecule is Cc1nc(C(F)F)c(C#N)cc1I. The smallest absolute Gasteiger partial charge is 0.250 e. The summed E-state index contributed by atoms with van der Waals surface area (Å²) in [6, 6.07) is 3.12. The molecule has 0 N–H and O–H groups in total. The van der Waals surface area contributed by atoms with Gasteiger partial charge in [0.15, 0.2) is 0 Å². The first-order valence-corrected chi connectivity index (χ1v) is 4.49. The molecule has 0 aromatic carbocycles. The molecule has 13 heavy (non-hydrogen) atoms. The molecule has 0 bridgehead atoms. The van der Waals surface area contributed by atoms with E-state index in [1.165, 1.54) is 6.07 Å². The lowest BCUT2D eigenvalue weighted by Crippen LogP contribution is -1.99. The van der Waals surface area contributed by atoms with Gasteiger partial charge in [-0.25, -0.2) is 13.8 Å². The van der Waals surface area contributed by atoms with E-state index >= 15 is 0 Å². The quantitative estimate of drug-likeness (QED) is 0.747. The van der Waals surface area contributed by atoms with Crippen LogP contribution < -0.4 is 0 Å². The summed E-state index contributed by atoms with van der Waals surface area (Å²) in [4.78, 5) is 3.66. The predicted octanol–water partition coefficient (Wildman–Crippen LogP) is 2.80. The number of hydrogen-bond donors (Lipinski definition) is 0. The highest BCUT2D eigenvalue weighted by molar-refractivity contribution is 14.1. The summed E-state index contributed by atoms with van der Waals surface area (Å²) in [5, 5.41) is 8.56. The zero-order chi connectivity index (χ0) is 10.0. The standard InChI is InChI=1S/C8H5F2IN2/c1-4-6(11)2-5(3-12)7(13-4)8(9)10/h2,8H,1H3. The predicted molar refractivity (Wildman–Crippen MR) is 51.4 cm³/mol. The van der Waals surface area contributed by atoms with Crippen LogP contribution in [-0.2, 0) is 0 Å².